The Morgan fingerprint density at radius 2 is 1.94 bits per heavy atom. The van der Waals surface area contributed by atoms with Crippen LogP contribution in [-0.2, 0) is 6.54 Å². The molecule has 0 bridgehead atoms. The summed E-state index contributed by atoms with van der Waals surface area (Å²) in [4.78, 5) is 19.4. The van der Waals surface area contributed by atoms with Crippen molar-refractivity contribution in [3.8, 4) is 5.69 Å². The number of aryl methyl sites for hydroxylation is 1. The number of hydrogen-bond acceptors (Lipinski definition) is 4. The SMILES string of the molecule is CCN1C/C(=C/c2c(C)nn(-c3cccc(Cl)c3)c2Cl)c2nc3ccccc3c(C(=O)O)c2C1. The first kappa shape index (κ1) is 22.6. The van der Waals surface area contributed by atoms with Gasteiger partial charge in [0.2, 0.25) is 0 Å². The van der Waals surface area contributed by atoms with Gasteiger partial charge in [-0.25, -0.2) is 14.5 Å². The van der Waals surface area contributed by atoms with E-state index < -0.39 is 5.97 Å². The fraction of sp³-hybridized carbons (Fsp3) is 0.192. The second-order valence-electron chi connectivity index (χ2n) is 8.29. The zero-order valence-corrected chi connectivity index (χ0v) is 20.2. The van der Waals surface area contributed by atoms with Crippen LogP contribution in [0, 0.1) is 6.92 Å². The molecule has 2 aromatic carbocycles. The van der Waals surface area contributed by atoms with Crippen molar-refractivity contribution in [1.29, 1.82) is 0 Å². The molecule has 2 aromatic heterocycles. The van der Waals surface area contributed by atoms with Crippen molar-refractivity contribution in [2.45, 2.75) is 20.4 Å². The lowest BCUT2D eigenvalue weighted by Gasteiger charge is -2.30. The van der Waals surface area contributed by atoms with Crippen molar-refractivity contribution in [1.82, 2.24) is 19.7 Å². The van der Waals surface area contributed by atoms with Gasteiger partial charge in [0.15, 0.2) is 0 Å². The lowest BCUT2D eigenvalue weighted by molar-refractivity contribution is 0.0696. The molecule has 6 nitrogen and oxygen atoms in total. The second kappa shape index (κ2) is 8.87. The van der Waals surface area contributed by atoms with Crippen LogP contribution in [-0.4, -0.2) is 43.8 Å². The quantitative estimate of drug-likeness (QED) is 0.372. The van der Waals surface area contributed by atoms with E-state index in [0.29, 0.717) is 45.4 Å². The van der Waals surface area contributed by atoms with Gasteiger partial charge < -0.3 is 5.11 Å². The van der Waals surface area contributed by atoms with Gasteiger partial charge in [-0.2, -0.15) is 5.10 Å². The molecule has 1 N–H and O–H groups in total. The zero-order valence-electron chi connectivity index (χ0n) is 18.7. The summed E-state index contributed by atoms with van der Waals surface area (Å²) in [7, 11) is 0. The highest BCUT2D eigenvalue weighted by Crippen LogP contribution is 2.36. The van der Waals surface area contributed by atoms with E-state index in [9.17, 15) is 9.90 Å². The minimum absolute atomic E-state index is 0.307. The Kier molecular flexibility index (Phi) is 5.90. The first-order chi connectivity index (χ1) is 16.4. The number of aromatic carboxylic acids is 1. The number of rotatable bonds is 4. The molecule has 0 atom stereocenters. The summed E-state index contributed by atoms with van der Waals surface area (Å²) < 4.78 is 1.66. The van der Waals surface area contributed by atoms with E-state index in [2.05, 4.69) is 16.9 Å². The Hall–Kier alpha value is -3.19. The number of aromatic nitrogens is 3. The Bertz CT molecular complexity index is 1480. The molecule has 8 heteroatoms. The van der Waals surface area contributed by atoms with Crippen LogP contribution in [0.3, 0.4) is 0 Å². The number of benzene rings is 2. The van der Waals surface area contributed by atoms with Gasteiger partial charge in [0.1, 0.15) is 5.15 Å². The maximum atomic E-state index is 12.3. The lowest BCUT2D eigenvalue weighted by atomic mass is 9.92. The molecular weight excluding hydrogens is 471 g/mol. The number of pyridine rings is 1. The molecule has 172 valence electrons. The van der Waals surface area contributed by atoms with Gasteiger partial charge in [0, 0.05) is 34.6 Å². The standard InChI is InChI=1S/C26H22Cl2N4O2/c1-3-31-13-16(11-20-15(2)30-32(25(20)28)18-8-6-7-17(27)12-18)24-21(14-31)23(26(33)34)19-9-4-5-10-22(19)29-24/h4-12H,3,13-14H2,1-2H3,(H,33,34)/b16-11-. The third kappa shape index (κ3) is 3.88. The summed E-state index contributed by atoms with van der Waals surface area (Å²) in [6, 6.07) is 14.7. The molecular formula is C26H22Cl2N4O2. The molecule has 0 radical (unpaired) electrons. The number of carboxylic acid groups (broad SMARTS) is 1. The molecule has 0 saturated carbocycles. The highest BCUT2D eigenvalue weighted by Gasteiger charge is 2.28. The predicted octanol–water partition coefficient (Wildman–Crippen LogP) is 6.11. The normalized spacial score (nSPS) is 15.1. The summed E-state index contributed by atoms with van der Waals surface area (Å²) in [6.45, 7) is 5.89. The molecule has 1 aliphatic rings. The van der Waals surface area contributed by atoms with Crippen LogP contribution >= 0.6 is 23.2 Å². The Balaban J connectivity index is 1.72. The summed E-state index contributed by atoms with van der Waals surface area (Å²) in [5.41, 5.74) is 5.59. The van der Waals surface area contributed by atoms with Crippen LogP contribution in [0.25, 0.3) is 28.2 Å². The van der Waals surface area contributed by atoms with Crippen LogP contribution in [0.15, 0.2) is 48.5 Å². The smallest absolute Gasteiger partial charge is 0.336 e. The van der Waals surface area contributed by atoms with E-state index in [4.69, 9.17) is 28.2 Å². The van der Waals surface area contributed by atoms with E-state index in [-0.39, 0.29) is 0 Å². The minimum atomic E-state index is -0.949. The van der Waals surface area contributed by atoms with Gasteiger partial charge in [-0.05, 0) is 49.4 Å². The van der Waals surface area contributed by atoms with Crippen LogP contribution in [0.2, 0.25) is 10.2 Å². The summed E-state index contributed by atoms with van der Waals surface area (Å²) in [5.74, 6) is -0.949. The number of likely N-dealkylation sites (N-methyl/N-ethyl adjacent to an activating group) is 1. The van der Waals surface area contributed by atoms with Crippen molar-refractivity contribution >= 4 is 51.7 Å². The molecule has 0 fully saturated rings. The monoisotopic (exact) mass is 492 g/mol. The summed E-state index contributed by atoms with van der Waals surface area (Å²) in [5, 5.41) is 16.4. The van der Waals surface area contributed by atoms with Gasteiger partial charge in [-0.3, -0.25) is 4.90 Å². The molecule has 0 spiro atoms. The molecule has 4 aromatic rings. The second-order valence-corrected chi connectivity index (χ2v) is 9.09. The van der Waals surface area contributed by atoms with Crippen molar-refractivity contribution in [2.75, 3.05) is 13.1 Å². The fourth-order valence-electron chi connectivity index (χ4n) is 4.48. The average Bonchev–Trinajstić information content (AvgIpc) is 3.10. The third-order valence-corrected chi connectivity index (χ3v) is 6.75. The minimum Gasteiger partial charge on any atom is -0.478 e. The number of carbonyl (C=O) groups is 1. The molecule has 1 aliphatic heterocycles. The average molecular weight is 493 g/mol. The van der Waals surface area contributed by atoms with Gasteiger partial charge in [-0.1, -0.05) is 54.4 Å². The maximum Gasteiger partial charge on any atom is 0.336 e. The maximum absolute atomic E-state index is 12.3. The number of para-hydroxylation sites is 1. The molecule has 0 amide bonds. The zero-order chi connectivity index (χ0) is 24.0. The molecule has 0 aliphatic carbocycles. The fourth-order valence-corrected chi connectivity index (χ4v) is 4.99. The first-order valence-corrected chi connectivity index (χ1v) is 11.7. The molecule has 34 heavy (non-hydrogen) atoms. The van der Waals surface area contributed by atoms with Gasteiger partial charge in [-0.15, -0.1) is 0 Å². The van der Waals surface area contributed by atoms with E-state index in [1.807, 2.05) is 49.4 Å². The van der Waals surface area contributed by atoms with Crippen molar-refractivity contribution in [2.24, 2.45) is 0 Å². The van der Waals surface area contributed by atoms with Crippen molar-refractivity contribution < 1.29 is 9.90 Å². The van der Waals surface area contributed by atoms with Crippen LogP contribution in [0.1, 0.15) is 39.8 Å². The molecule has 5 rings (SSSR count). The predicted molar refractivity (Wildman–Crippen MR) is 136 cm³/mol. The highest BCUT2D eigenvalue weighted by molar-refractivity contribution is 6.32. The highest BCUT2D eigenvalue weighted by atomic mass is 35.5. The summed E-state index contributed by atoms with van der Waals surface area (Å²) >= 11 is 13.0. The number of fused-ring (bicyclic) bond motifs is 2. The number of hydrogen-bond donors (Lipinski definition) is 1. The number of nitrogens with zero attached hydrogens (tertiary/aromatic N) is 4. The van der Waals surface area contributed by atoms with Crippen molar-refractivity contribution in [3.63, 3.8) is 0 Å². The van der Waals surface area contributed by atoms with Crippen LogP contribution in [0.4, 0.5) is 0 Å². The van der Waals surface area contributed by atoms with Gasteiger partial charge in [0.05, 0.1) is 28.2 Å². The molecule has 0 unspecified atom stereocenters. The Labute approximate surface area is 207 Å². The van der Waals surface area contributed by atoms with Gasteiger partial charge >= 0.3 is 5.97 Å². The van der Waals surface area contributed by atoms with Gasteiger partial charge in [0.25, 0.3) is 0 Å². The van der Waals surface area contributed by atoms with Crippen molar-refractivity contribution in [3.05, 3.63) is 86.8 Å². The number of carboxylic acids is 1. The van der Waals surface area contributed by atoms with Crippen LogP contribution in [0.5, 0.6) is 0 Å². The number of halogens is 2. The topological polar surface area (TPSA) is 71.2 Å². The largest absolute Gasteiger partial charge is 0.478 e. The Morgan fingerprint density at radius 1 is 1.15 bits per heavy atom. The molecule has 3 heterocycles. The third-order valence-electron chi connectivity index (χ3n) is 6.15. The first-order valence-electron chi connectivity index (χ1n) is 11.0. The molecule has 0 saturated heterocycles. The Morgan fingerprint density at radius 3 is 2.68 bits per heavy atom. The van der Waals surface area contributed by atoms with E-state index in [1.165, 1.54) is 0 Å². The summed E-state index contributed by atoms with van der Waals surface area (Å²) in [6.07, 6.45) is 1.99. The van der Waals surface area contributed by atoms with Crippen LogP contribution < -0.4 is 0 Å². The van der Waals surface area contributed by atoms with E-state index >= 15 is 0 Å². The van der Waals surface area contributed by atoms with E-state index in [1.54, 1.807) is 16.8 Å². The van der Waals surface area contributed by atoms with E-state index in [0.717, 1.165) is 34.6 Å². The lowest BCUT2D eigenvalue weighted by Crippen LogP contribution is -2.31.